The van der Waals surface area contributed by atoms with E-state index in [0.29, 0.717) is 20.7 Å². The number of hydrogen-bond donors (Lipinski definition) is 1. The topological polar surface area (TPSA) is 72.3 Å². The van der Waals surface area contributed by atoms with Crippen molar-refractivity contribution in [3.63, 3.8) is 0 Å². The number of imidazole rings is 1. The van der Waals surface area contributed by atoms with Crippen LogP contribution in [0.25, 0.3) is 27.4 Å². The Morgan fingerprint density at radius 2 is 2.03 bits per heavy atom. The van der Waals surface area contributed by atoms with Crippen LogP contribution in [0.5, 0.6) is 5.75 Å². The number of rotatable bonds is 5. The Kier molecular flexibility index (Phi) is 6.05. The van der Waals surface area contributed by atoms with Crippen molar-refractivity contribution >= 4 is 39.9 Å². The van der Waals surface area contributed by atoms with E-state index in [1.54, 1.807) is 19.4 Å². The third-order valence-electron chi connectivity index (χ3n) is 5.84. The number of amides is 1. The van der Waals surface area contributed by atoms with Gasteiger partial charge in [0, 0.05) is 36.8 Å². The van der Waals surface area contributed by atoms with Gasteiger partial charge >= 0.3 is 0 Å². The van der Waals surface area contributed by atoms with E-state index < -0.39 is 0 Å². The van der Waals surface area contributed by atoms with Gasteiger partial charge in [0.25, 0.3) is 5.91 Å². The van der Waals surface area contributed by atoms with E-state index in [-0.39, 0.29) is 12.0 Å². The van der Waals surface area contributed by atoms with E-state index in [2.05, 4.69) is 22.2 Å². The number of nitrogens with one attached hydrogen (secondary N) is 1. The van der Waals surface area contributed by atoms with Crippen LogP contribution in [0.2, 0.25) is 5.02 Å². The molecule has 1 fully saturated rings. The summed E-state index contributed by atoms with van der Waals surface area (Å²) in [4.78, 5) is 24.8. The molecule has 2 aromatic carbocycles. The van der Waals surface area contributed by atoms with Crippen molar-refractivity contribution in [1.82, 2.24) is 24.8 Å². The second-order valence-electron chi connectivity index (χ2n) is 8.15. The standard InChI is InChI=1S/C24H24ClN5O2S/c1-26-23(31)22-21(15-4-3-5-16(25)12-15)28-24(33-22)30-14-27-19-7-6-18(13-20(19)30)32-17-8-10-29(2)11-9-17/h3-7,12-14,17H,8-11H2,1-2H3,(H,26,31). The summed E-state index contributed by atoms with van der Waals surface area (Å²) in [6, 6.07) is 13.3. The van der Waals surface area contributed by atoms with Crippen molar-refractivity contribution in [3.05, 3.63) is 58.7 Å². The third-order valence-corrected chi connectivity index (χ3v) is 7.13. The highest BCUT2D eigenvalue weighted by Crippen LogP contribution is 2.33. The second-order valence-corrected chi connectivity index (χ2v) is 9.56. The van der Waals surface area contributed by atoms with Gasteiger partial charge in [-0.1, -0.05) is 35.1 Å². The molecule has 170 valence electrons. The highest BCUT2D eigenvalue weighted by molar-refractivity contribution is 7.16. The fourth-order valence-corrected chi connectivity index (χ4v) is 5.23. The Balaban J connectivity index is 1.52. The van der Waals surface area contributed by atoms with Gasteiger partial charge in [0.05, 0.1) is 16.7 Å². The summed E-state index contributed by atoms with van der Waals surface area (Å²) in [6.45, 7) is 2.08. The molecular weight excluding hydrogens is 458 g/mol. The first-order valence-electron chi connectivity index (χ1n) is 10.8. The number of halogens is 1. The molecular formula is C24H24ClN5O2S. The SMILES string of the molecule is CNC(=O)c1sc(-n2cnc3ccc(OC4CCN(C)CC4)cc32)nc1-c1cccc(Cl)c1. The quantitative estimate of drug-likeness (QED) is 0.449. The summed E-state index contributed by atoms with van der Waals surface area (Å²) in [5.41, 5.74) is 3.11. The maximum Gasteiger partial charge on any atom is 0.263 e. The van der Waals surface area contributed by atoms with Gasteiger partial charge in [-0.15, -0.1) is 0 Å². The molecule has 0 saturated carbocycles. The van der Waals surface area contributed by atoms with Crippen LogP contribution in [0.3, 0.4) is 0 Å². The predicted molar refractivity (Wildman–Crippen MR) is 132 cm³/mol. The average molecular weight is 482 g/mol. The summed E-state index contributed by atoms with van der Waals surface area (Å²) in [6.07, 6.45) is 3.97. The fourth-order valence-electron chi connectivity index (χ4n) is 4.02. The summed E-state index contributed by atoms with van der Waals surface area (Å²) in [5, 5.41) is 3.96. The molecule has 0 unspecified atom stereocenters. The van der Waals surface area contributed by atoms with Crippen LogP contribution in [0.1, 0.15) is 22.5 Å². The molecule has 1 aliphatic heterocycles. The van der Waals surface area contributed by atoms with E-state index in [0.717, 1.165) is 48.3 Å². The molecule has 0 aliphatic carbocycles. The minimum absolute atomic E-state index is 0.190. The van der Waals surface area contributed by atoms with Crippen molar-refractivity contribution in [2.24, 2.45) is 0 Å². The molecule has 2 aromatic heterocycles. The zero-order chi connectivity index (χ0) is 22.9. The Morgan fingerprint density at radius 3 is 2.79 bits per heavy atom. The largest absolute Gasteiger partial charge is 0.490 e. The molecule has 0 spiro atoms. The number of thiazole rings is 1. The molecule has 1 aliphatic rings. The number of likely N-dealkylation sites (tertiary alicyclic amines) is 1. The van der Waals surface area contributed by atoms with Gasteiger partial charge in [0.1, 0.15) is 23.1 Å². The highest BCUT2D eigenvalue weighted by atomic mass is 35.5. The van der Waals surface area contributed by atoms with Crippen LogP contribution in [0, 0.1) is 0 Å². The molecule has 0 bridgehead atoms. The number of carbonyl (C=O) groups is 1. The van der Waals surface area contributed by atoms with Crippen LogP contribution in [0.15, 0.2) is 48.8 Å². The van der Waals surface area contributed by atoms with Gasteiger partial charge in [-0.05, 0) is 44.2 Å². The molecule has 33 heavy (non-hydrogen) atoms. The molecule has 0 atom stereocenters. The number of fused-ring (bicyclic) bond motifs is 1. The maximum atomic E-state index is 12.6. The number of piperidine rings is 1. The summed E-state index contributed by atoms with van der Waals surface area (Å²) in [5.74, 6) is 0.626. The number of nitrogens with zero attached hydrogens (tertiary/aromatic N) is 4. The van der Waals surface area contributed by atoms with E-state index in [1.807, 2.05) is 41.0 Å². The number of hydrogen-bond acceptors (Lipinski definition) is 6. The predicted octanol–water partition coefficient (Wildman–Crippen LogP) is 4.64. The number of carbonyl (C=O) groups excluding carboxylic acids is 1. The van der Waals surface area contributed by atoms with Crippen molar-refractivity contribution in [2.75, 3.05) is 27.2 Å². The lowest BCUT2D eigenvalue weighted by atomic mass is 10.1. The molecule has 3 heterocycles. The Morgan fingerprint density at radius 1 is 1.21 bits per heavy atom. The van der Waals surface area contributed by atoms with Gasteiger partial charge < -0.3 is 15.0 Å². The summed E-state index contributed by atoms with van der Waals surface area (Å²) >= 11 is 7.51. The van der Waals surface area contributed by atoms with Crippen LogP contribution >= 0.6 is 22.9 Å². The van der Waals surface area contributed by atoms with E-state index in [4.69, 9.17) is 21.3 Å². The second kappa shape index (κ2) is 9.13. The average Bonchev–Trinajstić information content (AvgIpc) is 3.44. The molecule has 5 rings (SSSR count). The first-order valence-corrected chi connectivity index (χ1v) is 12.0. The van der Waals surface area contributed by atoms with Crippen LogP contribution in [-0.2, 0) is 0 Å². The first-order chi connectivity index (χ1) is 16.0. The maximum absolute atomic E-state index is 12.6. The van der Waals surface area contributed by atoms with Gasteiger partial charge in [0.15, 0.2) is 5.13 Å². The Labute approximate surface area is 201 Å². The number of benzene rings is 2. The lowest BCUT2D eigenvalue weighted by Crippen LogP contribution is -2.35. The van der Waals surface area contributed by atoms with Gasteiger partial charge in [-0.2, -0.15) is 0 Å². The van der Waals surface area contributed by atoms with Crippen LogP contribution in [-0.4, -0.2) is 58.6 Å². The molecule has 7 nitrogen and oxygen atoms in total. The highest BCUT2D eigenvalue weighted by Gasteiger charge is 2.22. The molecule has 1 N–H and O–H groups in total. The minimum Gasteiger partial charge on any atom is -0.490 e. The van der Waals surface area contributed by atoms with E-state index in [1.165, 1.54) is 11.3 Å². The molecule has 4 aromatic rings. The molecule has 9 heteroatoms. The van der Waals surface area contributed by atoms with E-state index >= 15 is 0 Å². The monoisotopic (exact) mass is 481 g/mol. The zero-order valence-electron chi connectivity index (χ0n) is 18.4. The minimum atomic E-state index is -0.190. The first kappa shape index (κ1) is 21.9. The number of ether oxygens (including phenoxy) is 1. The van der Waals surface area contributed by atoms with Crippen molar-refractivity contribution in [2.45, 2.75) is 18.9 Å². The van der Waals surface area contributed by atoms with Gasteiger partial charge in [-0.3, -0.25) is 9.36 Å². The molecule has 1 amide bonds. The Hall–Kier alpha value is -2.94. The Bertz CT molecular complexity index is 1310. The molecule has 0 radical (unpaired) electrons. The smallest absolute Gasteiger partial charge is 0.263 e. The van der Waals surface area contributed by atoms with Gasteiger partial charge in [0.2, 0.25) is 0 Å². The normalized spacial score (nSPS) is 15.1. The lowest BCUT2D eigenvalue weighted by Gasteiger charge is -2.29. The van der Waals surface area contributed by atoms with Crippen molar-refractivity contribution < 1.29 is 9.53 Å². The zero-order valence-corrected chi connectivity index (χ0v) is 20.0. The van der Waals surface area contributed by atoms with Crippen LogP contribution < -0.4 is 10.1 Å². The molecule has 1 saturated heterocycles. The summed E-state index contributed by atoms with van der Waals surface area (Å²) < 4.78 is 8.18. The lowest BCUT2D eigenvalue weighted by molar-refractivity contribution is 0.0967. The third kappa shape index (κ3) is 4.46. The summed E-state index contributed by atoms with van der Waals surface area (Å²) in [7, 11) is 3.75. The van der Waals surface area contributed by atoms with Crippen LogP contribution in [0.4, 0.5) is 0 Å². The van der Waals surface area contributed by atoms with Gasteiger partial charge in [-0.25, -0.2) is 9.97 Å². The number of aromatic nitrogens is 3. The van der Waals surface area contributed by atoms with Crippen molar-refractivity contribution in [3.8, 4) is 22.1 Å². The fraction of sp³-hybridized carbons (Fsp3) is 0.292. The van der Waals surface area contributed by atoms with E-state index in [9.17, 15) is 4.79 Å². The van der Waals surface area contributed by atoms with Crippen molar-refractivity contribution in [1.29, 1.82) is 0 Å².